The lowest BCUT2D eigenvalue weighted by molar-refractivity contribution is 0.114. The lowest BCUT2D eigenvalue weighted by Crippen LogP contribution is -2.21. The zero-order valence-electron chi connectivity index (χ0n) is 7.71. The highest BCUT2D eigenvalue weighted by atomic mass is 16.8. The van der Waals surface area contributed by atoms with Crippen LogP contribution in [0.1, 0.15) is 39.5 Å². The molecule has 0 amide bonds. The molecule has 1 heterocycles. The van der Waals surface area contributed by atoms with Crippen LogP contribution in [0.4, 0.5) is 4.79 Å². The minimum atomic E-state index is -0.497. The van der Waals surface area contributed by atoms with Gasteiger partial charge in [-0.1, -0.05) is 20.3 Å². The molecule has 0 spiro atoms. The third-order valence-electron chi connectivity index (χ3n) is 2.15. The first-order valence-corrected chi connectivity index (χ1v) is 4.65. The molecule has 1 aliphatic heterocycles. The van der Waals surface area contributed by atoms with Crippen LogP contribution < -0.4 is 0 Å². The summed E-state index contributed by atoms with van der Waals surface area (Å²) in [5, 5.41) is 0. The first-order valence-electron chi connectivity index (χ1n) is 4.65. The maximum Gasteiger partial charge on any atom is 0.509 e. The second-order valence-electron chi connectivity index (χ2n) is 3.11. The predicted molar refractivity (Wildman–Crippen MR) is 45.0 cm³/mol. The largest absolute Gasteiger partial charge is 0.509 e. The van der Waals surface area contributed by atoms with E-state index < -0.39 is 6.16 Å². The van der Waals surface area contributed by atoms with Crippen molar-refractivity contribution in [1.82, 2.24) is 0 Å². The third kappa shape index (κ3) is 2.13. The Morgan fingerprint density at radius 3 is 2.50 bits per heavy atom. The molecule has 1 rings (SSSR count). The van der Waals surface area contributed by atoms with E-state index in [0.29, 0.717) is 0 Å². The van der Waals surface area contributed by atoms with Gasteiger partial charge >= 0.3 is 6.16 Å². The molecule has 2 unspecified atom stereocenters. The molecule has 0 aromatic heterocycles. The van der Waals surface area contributed by atoms with Crippen LogP contribution in [0.2, 0.25) is 0 Å². The number of unbranched alkanes of at least 4 members (excludes halogenated alkanes) is 1. The number of carbonyl (C=O) groups is 1. The van der Waals surface area contributed by atoms with E-state index in [1.807, 2.05) is 6.92 Å². The number of hydrogen-bond donors (Lipinski definition) is 0. The summed E-state index contributed by atoms with van der Waals surface area (Å²) in [5.41, 5.74) is 0. The number of rotatable bonds is 4. The van der Waals surface area contributed by atoms with Gasteiger partial charge in [-0.2, -0.15) is 0 Å². The highest BCUT2D eigenvalue weighted by Gasteiger charge is 2.34. The van der Waals surface area contributed by atoms with Crippen molar-refractivity contribution in [2.24, 2.45) is 0 Å². The fraction of sp³-hybridized carbons (Fsp3) is 0.889. The molecule has 0 aromatic rings. The monoisotopic (exact) mass is 172 g/mol. The van der Waals surface area contributed by atoms with Gasteiger partial charge in [-0.05, 0) is 19.3 Å². The van der Waals surface area contributed by atoms with Gasteiger partial charge in [0.1, 0.15) is 12.2 Å². The van der Waals surface area contributed by atoms with Crippen molar-refractivity contribution in [3.8, 4) is 0 Å². The van der Waals surface area contributed by atoms with Crippen molar-refractivity contribution in [3.63, 3.8) is 0 Å². The fourth-order valence-electron chi connectivity index (χ4n) is 1.42. The molecule has 1 aliphatic rings. The Balaban J connectivity index is 2.35. The molecule has 0 N–H and O–H groups in total. The summed E-state index contributed by atoms with van der Waals surface area (Å²) >= 11 is 0. The number of hydrogen-bond acceptors (Lipinski definition) is 3. The van der Waals surface area contributed by atoms with Gasteiger partial charge in [0.15, 0.2) is 0 Å². The van der Waals surface area contributed by atoms with Crippen molar-refractivity contribution < 1.29 is 14.3 Å². The van der Waals surface area contributed by atoms with Crippen molar-refractivity contribution in [2.45, 2.75) is 51.7 Å². The quantitative estimate of drug-likeness (QED) is 0.611. The van der Waals surface area contributed by atoms with E-state index in [1.54, 1.807) is 0 Å². The molecule has 1 saturated heterocycles. The number of ether oxygens (including phenoxy) is 2. The molecule has 0 aliphatic carbocycles. The molecular weight excluding hydrogens is 156 g/mol. The molecular formula is C9H16O3. The molecule has 3 heteroatoms. The Hall–Kier alpha value is -0.730. The van der Waals surface area contributed by atoms with E-state index in [1.165, 1.54) is 0 Å². The zero-order valence-corrected chi connectivity index (χ0v) is 7.71. The Morgan fingerprint density at radius 2 is 1.92 bits per heavy atom. The average Bonchev–Trinajstić information content (AvgIpc) is 2.42. The normalized spacial score (nSPS) is 28.3. The molecule has 70 valence electrons. The second kappa shape index (κ2) is 4.33. The Labute approximate surface area is 73.0 Å². The van der Waals surface area contributed by atoms with Crippen LogP contribution in [0.25, 0.3) is 0 Å². The molecule has 0 aromatic carbocycles. The highest BCUT2D eigenvalue weighted by molar-refractivity contribution is 5.62. The van der Waals surface area contributed by atoms with Gasteiger partial charge in [-0.15, -0.1) is 0 Å². The Bertz CT molecular complexity index is 156. The zero-order chi connectivity index (χ0) is 8.97. The first-order chi connectivity index (χ1) is 5.77. The fourth-order valence-corrected chi connectivity index (χ4v) is 1.42. The van der Waals surface area contributed by atoms with E-state index in [2.05, 4.69) is 6.92 Å². The van der Waals surface area contributed by atoms with E-state index in [4.69, 9.17) is 9.47 Å². The van der Waals surface area contributed by atoms with Gasteiger partial charge in [0.2, 0.25) is 0 Å². The lowest BCUT2D eigenvalue weighted by atomic mass is 10.1. The van der Waals surface area contributed by atoms with Gasteiger partial charge in [0.25, 0.3) is 0 Å². The van der Waals surface area contributed by atoms with E-state index >= 15 is 0 Å². The van der Waals surface area contributed by atoms with Crippen LogP contribution in [0, 0.1) is 0 Å². The summed E-state index contributed by atoms with van der Waals surface area (Å²) in [6, 6.07) is 0. The minimum Gasteiger partial charge on any atom is -0.427 e. The van der Waals surface area contributed by atoms with E-state index in [-0.39, 0.29) is 12.2 Å². The van der Waals surface area contributed by atoms with Crippen LogP contribution in [-0.4, -0.2) is 18.4 Å². The van der Waals surface area contributed by atoms with E-state index in [9.17, 15) is 4.79 Å². The van der Waals surface area contributed by atoms with Gasteiger partial charge in [0.05, 0.1) is 0 Å². The maximum atomic E-state index is 10.7. The van der Waals surface area contributed by atoms with Crippen molar-refractivity contribution >= 4 is 6.16 Å². The molecule has 12 heavy (non-hydrogen) atoms. The molecule has 0 radical (unpaired) electrons. The molecule has 0 saturated carbocycles. The summed E-state index contributed by atoms with van der Waals surface area (Å²) < 4.78 is 9.96. The summed E-state index contributed by atoms with van der Waals surface area (Å²) in [5.74, 6) is 0. The van der Waals surface area contributed by atoms with Crippen molar-refractivity contribution in [2.75, 3.05) is 0 Å². The summed E-state index contributed by atoms with van der Waals surface area (Å²) in [6.07, 6.45) is 3.50. The van der Waals surface area contributed by atoms with E-state index in [0.717, 1.165) is 25.7 Å². The minimum absolute atomic E-state index is 0.00227. The summed E-state index contributed by atoms with van der Waals surface area (Å²) in [4.78, 5) is 10.7. The highest BCUT2D eigenvalue weighted by Crippen LogP contribution is 2.22. The predicted octanol–water partition coefficient (Wildman–Crippen LogP) is 2.49. The average molecular weight is 172 g/mol. The molecule has 2 atom stereocenters. The van der Waals surface area contributed by atoms with Gasteiger partial charge < -0.3 is 9.47 Å². The van der Waals surface area contributed by atoms with Crippen LogP contribution in [0.5, 0.6) is 0 Å². The van der Waals surface area contributed by atoms with Gasteiger partial charge in [-0.25, -0.2) is 4.79 Å². The smallest absolute Gasteiger partial charge is 0.427 e. The Morgan fingerprint density at radius 1 is 1.25 bits per heavy atom. The van der Waals surface area contributed by atoms with Crippen LogP contribution >= 0.6 is 0 Å². The van der Waals surface area contributed by atoms with Gasteiger partial charge in [-0.3, -0.25) is 0 Å². The first kappa shape index (κ1) is 9.36. The van der Waals surface area contributed by atoms with Crippen LogP contribution in [0.15, 0.2) is 0 Å². The van der Waals surface area contributed by atoms with Crippen molar-refractivity contribution in [1.29, 1.82) is 0 Å². The molecule has 1 fully saturated rings. The lowest BCUT2D eigenvalue weighted by Gasteiger charge is -2.12. The number of carbonyl (C=O) groups excluding carboxylic acids is 1. The Kier molecular flexibility index (Phi) is 3.38. The molecule has 3 nitrogen and oxygen atoms in total. The summed E-state index contributed by atoms with van der Waals surface area (Å²) in [7, 11) is 0. The standard InChI is InChI=1S/C9H16O3/c1-3-5-6-8-7(4-2)11-9(10)12-8/h7-8H,3-6H2,1-2H3. The summed E-state index contributed by atoms with van der Waals surface area (Å²) in [6.45, 7) is 4.13. The third-order valence-corrected chi connectivity index (χ3v) is 2.15. The van der Waals surface area contributed by atoms with Gasteiger partial charge in [0, 0.05) is 0 Å². The SMILES string of the molecule is CCCCC1OC(=O)OC1CC. The van der Waals surface area contributed by atoms with Crippen molar-refractivity contribution in [3.05, 3.63) is 0 Å². The number of cyclic esters (lactones) is 2. The van der Waals surface area contributed by atoms with Crippen LogP contribution in [0.3, 0.4) is 0 Å². The topological polar surface area (TPSA) is 35.5 Å². The van der Waals surface area contributed by atoms with Crippen LogP contribution in [-0.2, 0) is 9.47 Å². The maximum absolute atomic E-state index is 10.7. The molecule has 0 bridgehead atoms. The second-order valence-corrected chi connectivity index (χ2v) is 3.11.